The molecule has 2 amide bonds. The number of nitrogens with zero attached hydrogens (tertiary/aromatic N) is 1. The Labute approximate surface area is 128 Å². The van der Waals surface area contributed by atoms with Gasteiger partial charge < -0.3 is 15.3 Å². The number of carboxylic acid groups (broad SMARTS) is 1. The van der Waals surface area contributed by atoms with Gasteiger partial charge in [0.2, 0.25) is 5.91 Å². The number of nitrogens with one attached hydrogen (secondary N) is 1. The van der Waals surface area contributed by atoms with Gasteiger partial charge in [-0.3, -0.25) is 9.59 Å². The molecule has 1 aliphatic heterocycles. The van der Waals surface area contributed by atoms with Gasteiger partial charge in [-0.05, 0) is 24.0 Å². The van der Waals surface area contributed by atoms with Crippen LogP contribution in [0.1, 0.15) is 35.2 Å². The van der Waals surface area contributed by atoms with Crippen molar-refractivity contribution in [1.82, 2.24) is 10.2 Å². The Kier molecular flexibility index (Phi) is 3.83. The second kappa shape index (κ2) is 5.79. The van der Waals surface area contributed by atoms with E-state index in [1.54, 1.807) is 12.1 Å². The number of fused-ring (bicyclic) bond motifs is 1. The van der Waals surface area contributed by atoms with Gasteiger partial charge in [0, 0.05) is 12.1 Å². The first-order valence-corrected chi connectivity index (χ1v) is 7.44. The van der Waals surface area contributed by atoms with Crippen molar-refractivity contribution in [2.24, 2.45) is 5.92 Å². The largest absolute Gasteiger partial charge is 0.480 e. The first-order chi connectivity index (χ1) is 10.5. The smallest absolute Gasteiger partial charge is 0.326 e. The number of benzene rings is 1. The fraction of sp³-hybridized carbons (Fsp3) is 0.438. The molecule has 1 fully saturated rings. The number of hydrogen-bond acceptors (Lipinski definition) is 3. The summed E-state index contributed by atoms with van der Waals surface area (Å²) in [6.45, 7) is 0.282. The molecule has 1 atom stereocenters. The van der Waals surface area contributed by atoms with E-state index >= 15 is 0 Å². The highest BCUT2D eigenvalue weighted by Crippen LogP contribution is 2.33. The maximum atomic E-state index is 12.2. The average molecular weight is 302 g/mol. The molecule has 0 radical (unpaired) electrons. The van der Waals surface area contributed by atoms with Gasteiger partial charge in [0.25, 0.3) is 5.91 Å². The summed E-state index contributed by atoms with van der Waals surface area (Å²) in [6.07, 6.45) is 2.52. The first-order valence-electron chi connectivity index (χ1n) is 7.44. The molecule has 22 heavy (non-hydrogen) atoms. The molecule has 0 aromatic heterocycles. The molecule has 1 unspecified atom stereocenters. The summed E-state index contributed by atoms with van der Waals surface area (Å²) in [4.78, 5) is 36.8. The molecule has 0 saturated heterocycles. The molecule has 6 nitrogen and oxygen atoms in total. The molecule has 0 spiro atoms. The lowest BCUT2D eigenvalue weighted by Crippen LogP contribution is -2.45. The van der Waals surface area contributed by atoms with E-state index in [9.17, 15) is 14.4 Å². The van der Waals surface area contributed by atoms with Crippen molar-refractivity contribution in [2.45, 2.75) is 31.8 Å². The number of carbonyl (C=O) groups is 3. The van der Waals surface area contributed by atoms with Crippen LogP contribution in [0.2, 0.25) is 0 Å². The fourth-order valence-electron chi connectivity index (χ4n) is 2.76. The second-order valence-corrected chi connectivity index (χ2v) is 5.96. The topological polar surface area (TPSA) is 86.7 Å². The Bertz CT molecular complexity index is 624. The molecule has 1 heterocycles. The summed E-state index contributed by atoms with van der Waals surface area (Å²) in [5.41, 5.74) is 1.51. The lowest BCUT2D eigenvalue weighted by Gasteiger charge is -2.18. The molecule has 2 N–H and O–H groups in total. The molecule has 1 aromatic carbocycles. The maximum Gasteiger partial charge on any atom is 0.326 e. The Morgan fingerprint density at radius 1 is 1.32 bits per heavy atom. The minimum Gasteiger partial charge on any atom is -0.480 e. The molecule has 1 aliphatic carbocycles. The van der Waals surface area contributed by atoms with Gasteiger partial charge >= 0.3 is 5.97 Å². The van der Waals surface area contributed by atoms with E-state index in [-0.39, 0.29) is 12.5 Å². The van der Waals surface area contributed by atoms with Crippen LogP contribution in [0.25, 0.3) is 0 Å². The Morgan fingerprint density at radius 3 is 2.68 bits per heavy atom. The van der Waals surface area contributed by atoms with E-state index < -0.39 is 17.9 Å². The van der Waals surface area contributed by atoms with Crippen LogP contribution >= 0.6 is 0 Å². The van der Waals surface area contributed by atoms with Gasteiger partial charge in [-0.2, -0.15) is 0 Å². The molecule has 0 bridgehead atoms. The highest BCUT2D eigenvalue weighted by atomic mass is 16.4. The predicted molar refractivity (Wildman–Crippen MR) is 78.1 cm³/mol. The first kappa shape index (κ1) is 14.6. The van der Waals surface area contributed by atoms with Gasteiger partial charge in [0.15, 0.2) is 0 Å². The predicted octanol–water partition coefficient (Wildman–Crippen LogP) is 1.01. The molecular weight excluding hydrogens is 284 g/mol. The number of hydrogen-bond donors (Lipinski definition) is 2. The van der Waals surface area contributed by atoms with Gasteiger partial charge in [-0.25, -0.2) is 4.79 Å². The van der Waals surface area contributed by atoms with Crippen molar-refractivity contribution in [3.05, 3.63) is 35.4 Å². The summed E-state index contributed by atoms with van der Waals surface area (Å²) >= 11 is 0. The van der Waals surface area contributed by atoms with Crippen LogP contribution in [-0.4, -0.2) is 40.4 Å². The van der Waals surface area contributed by atoms with E-state index in [4.69, 9.17) is 5.11 Å². The average Bonchev–Trinajstić information content (AvgIpc) is 3.24. The SMILES string of the molecule is O=C(CN1Cc2ccccc2C1=O)NC(CC1CC1)C(=O)O. The monoisotopic (exact) mass is 302 g/mol. The van der Waals surface area contributed by atoms with Gasteiger partial charge in [-0.1, -0.05) is 31.0 Å². The number of carbonyl (C=O) groups excluding carboxylic acids is 2. The lowest BCUT2D eigenvalue weighted by atomic mass is 10.1. The highest BCUT2D eigenvalue weighted by molar-refractivity contribution is 6.00. The molecule has 1 aromatic rings. The highest BCUT2D eigenvalue weighted by Gasteiger charge is 2.32. The zero-order valence-electron chi connectivity index (χ0n) is 12.1. The fourth-order valence-corrected chi connectivity index (χ4v) is 2.76. The van der Waals surface area contributed by atoms with Gasteiger partial charge in [0.1, 0.15) is 12.6 Å². The summed E-state index contributed by atoms with van der Waals surface area (Å²) in [5.74, 6) is -1.22. The van der Waals surface area contributed by atoms with E-state index in [1.807, 2.05) is 12.1 Å². The van der Waals surface area contributed by atoms with Gasteiger partial charge in [0.05, 0.1) is 0 Å². The van der Waals surface area contributed by atoms with Crippen LogP contribution in [0, 0.1) is 5.92 Å². The minimum atomic E-state index is -1.02. The van der Waals surface area contributed by atoms with Crippen LogP contribution in [0.15, 0.2) is 24.3 Å². The molecule has 3 rings (SSSR count). The summed E-state index contributed by atoms with van der Waals surface area (Å²) in [7, 11) is 0. The summed E-state index contributed by atoms with van der Waals surface area (Å²) in [5, 5.41) is 11.7. The normalized spacial score (nSPS) is 18.0. The third-order valence-electron chi connectivity index (χ3n) is 4.13. The third kappa shape index (κ3) is 3.10. The number of amides is 2. The van der Waals surface area contributed by atoms with Crippen molar-refractivity contribution < 1.29 is 19.5 Å². The van der Waals surface area contributed by atoms with Crippen molar-refractivity contribution in [3.63, 3.8) is 0 Å². The van der Waals surface area contributed by atoms with E-state index in [0.29, 0.717) is 24.4 Å². The second-order valence-electron chi connectivity index (χ2n) is 5.96. The Morgan fingerprint density at radius 2 is 2.05 bits per heavy atom. The van der Waals surface area contributed by atoms with Crippen molar-refractivity contribution in [1.29, 1.82) is 0 Å². The van der Waals surface area contributed by atoms with E-state index in [2.05, 4.69) is 5.32 Å². The van der Waals surface area contributed by atoms with Gasteiger partial charge in [-0.15, -0.1) is 0 Å². The Hall–Kier alpha value is -2.37. The zero-order chi connectivity index (χ0) is 15.7. The van der Waals surface area contributed by atoms with Crippen molar-refractivity contribution in [2.75, 3.05) is 6.54 Å². The molecule has 116 valence electrons. The maximum absolute atomic E-state index is 12.2. The van der Waals surface area contributed by atoms with Crippen LogP contribution in [0.5, 0.6) is 0 Å². The number of carboxylic acids is 1. The lowest BCUT2D eigenvalue weighted by molar-refractivity contribution is -0.142. The molecule has 2 aliphatic rings. The van der Waals surface area contributed by atoms with E-state index in [1.165, 1.54) is 4.90 Å². The summed E-state index contributed by atoms with van der Waals surface area (Å²) < 4.78 is 0. The van der Waals surface area contributed by atoms with Crippen LogP contribution in [0.3, 0.4) is 0 Å². The van der Waals surface area contributed by atoms with Crippen LogP contribution < -0.4 is 5.32 Å². The van der Waals surface area contributed by atoms with Crippen molar-refractivity contribution in [3.8, 4) is 0 Å². The van der Waals surface area contributed by atoms with E-state index in [0.717, 1.165) is 18.4 Å². The number of aliphatic carboxylic acids is 1. The minimum absolute atomic E-state index is 0.109. The summed E-state index contributed by atoms with van der Waals surface area (Å²) in [6, 6.07) is 6.38. The Balaban J connectivity index is 1.58. The third-order valence-corrected chi connectivity index (χ3v) is 4.13. The van der Waals surface area contributed by atoms with Crippen molar-refractivity contribution >= 4 is 17.8 Å². The molecular formula is C16H18N2O4. The molecule has 1 saturated carbocycles. The molecule has 6 heteroatoms. The van der Waals surface area contributed by atoms with Crippen LogP contribution in [-0.2, 0) is 16.1 Å². The quantitative estimate of drug-likeness (QED) is 0.821. The standard InChI is InChI=1S/C16H18N2O4/c19-14(17-13(16(21)22)7-10-5-6-10)9-18-8-11-3-1-2-4-12(11)15(18)20/h1-4,10,13H,5-9H2,(H,17,19)(H,21,22). The van der Waals surface area contributed by atoms with Crippen LogP contribution in [0.4, 0.5) is 0 Å². The zero-order valence-corrected chi connectivity index (χ0v) is 12.1. The number of rotatable bonds is 6.